The third-order valence-corrected chi connectivity index (χ3v) is 2.81. The second-order valence-electron chi connectivity index (χ2n) is 6.29. The quantitative estimate of drug-likeness (QED) is 0.884. The van der Waals surface area contributed by atoms with E-state index < -0.39 is 11.7 Å². The van der Waals surface area contributed by atoms with Crippen LogP contribution in [0.25, 0.3) is 0 Å². The summed E-state index contributed by atoms with van der Waals surface area (Å²) in [5.41, 5.74) is 8.31. The van der Waals surface area contributed by atoms with Gasteiger partial charge in [0.05, 0.1) is 0 Å². The molecular weight excluding hydrogens is 252 g/mol. The van der Waals surface area contributed by atoms with Crippen LogP contribution in [0.2, 0.25) is 0 Å². The third kappa shape index (κ3) is 6.06. The summed E-state index contributed by atoms with van der Waals surface area (Å²) in [5, 5.41) is 2.77. The predicted octanol–water partition coefficient (Wildman–Crippen LogP) is 3.62. The summed E-state index contributed by atoms with van der Waals surface area (Å²) in [6.45, 7) is 9.51. The number of aryl methyl sites for hydroxylation is 2. The van der Waals surface area contributed by atoms with Gasteiger partial charge in [-0.25, -0.2) is 4.79 Å². The number of hydrogen-bond donors (Lipinski definition) is 2. The molecule has 3 N–H and O–H groups in total. The van der Waals surface area contributed by atoms with Gasteiger partial charge in [0.25, 0.3) is 0 Å². The van der Waals surface area contributed by atoms with Crippen LogP contribution in [0.4, 0.5) is 10.5 Å². The van der Waals surface area contributed by atoms with Gasteiger partial charge in [-0.1, -0.05) is 12.1 Å². The molecule has 0 unspecified atom stereocenters. The molecule has 0 fully saturated rings. The number of rotatable bonds is 4. The Morgan fingerprint density at radius 3 is 2.55 bits per heavy atom. The van der Waals surface area contributed by atoms with Crippen LogP contribution in [0, 0.1) is 6.92 Å². The Hall–Kier alpha value is -1.55. The van der Waals surface area contributed by atoms with Gasteiger partial charge in [-0.05, 0) is 64.7 Å². The van der Waals surface area contributed by atoms with E-state index in [2.05, 4.69) is 11.4 Å². The van der Waals surface area contributed by atoms with E-state index >= 15 is 0 Å². The number of nitrogens with two attached hydrogens (primary N) is 1. The Bertz CT molecular complexity index is 462. The largest absolute Gasteiger partial charge is 0.444 e. The Morgan fingerprint density at radius 1 is 1.40 bits per heavy atom. The Balaban J connectivity index is 2.66. The summed E-state index contributed by atoms with van der Waals surface area (Å²) in [5.74, 6) is 0. The minimum Gasteiger partial charge on any atom is -0.444 e. The summed E-state index contributed by atoms with van der Waals surface area (Å²) in [4.78, 5) is 11.7. The molecule has 1 atom stereocenters. The average Bonchev–Trinajstić information content (AvgIpc) is 2.27. The number of nitrogens with one attached hydrogen (secondary N) is 1. The zero-order valence-electron chi connectivity index (χ0n) is 13.1. The van der Waals surface area contributed by atoms with Gasteiger partial charge in [-0.15, -0.1) is 0 Å². The summed E-state index contributed by atoms with van der Waals surface area (Å²) in [6.07, 6.45) is 1.48. The van der Waals surface area contributed by atoms with Gasteiger partial charge in [-0.3, -0.25) is 5.32 Å². The highest BCUT2D eigenvalue weighted by Gasteiger charge is 2.16. The number of hydrogen-bond acceptors (Lipinski definition) is 3. The second kappa shape index (κ2) is 6.75. The second-order valence-corrected chi connectivity index (χ2v) is 6.29. The molecule has 1 rings (SSSR count). The van der Waals surface area contributed by atoms with Gasteiger partial charge in [0, 0.05) is 11.7 Å². The Morgan fingerprint density at radius 2 is 2.05 bits per heavy atom. The lowest BCUT2D eigenvalue weighted by molar-refractivity contribution is 0.0636. The molecule has 0 heterocycles. The lowest BCUT2D eigenvalue weighted by atomic mass is 10.0. The van der Waals surface area contributed by atoms with E-state index in [0.29, 0.717) is 0 Å². The first kappa shape index (κ1) is 16.5. The van der Waals surface area contributed by atoms with E-state index in [-0.39, 0.29) is 6.04 Å². The van der Waals surface area contributed by atoms with Crippen molar-refractivity contribution < 1.29 is 9.53 Å². The van der Waals surface area contributed by atoms with Crippen LogP contribution < -0.4 is 11.1 Å². The normalized spacial score (nSPS) is 12.9. The van der Waals surface area contributed by atoms with E-state index in [4.69, 9.17) is 10.5 Å². The molecule has 0 spiro atoms. The maximum absolute atomic E-state index is 11.7. The zero-order chi connectivity index (χ0) is 15.3. The van der Waals surface area contributed by atoms with Crippen molar-refractivity contribution in [3.8, 4) is 0 Å². The van der Waals surface area contributed by atoms with Crippen molar-refractivity contribution in [1.29, 1.82) is 0 Å². The first-order valence-electron chi connectivity index (χ1n) is 7.02. The molecular formula is C16H26N2O2. The lowest BCUT2D eigenvalue weighted by Gasteiger charge is -2.20. The average molecular weight is 278 g/mol. The first-order chi connectivity index (χ1) is 9.17. The first-order valence-corrected chi connectivity index (χ1v) is 7.02. The fourth-order valence-corrected chi connectivity index (χ4v) is 1.83. The molecule has 0 radical (unpaired) electrons. The highest BCUT2D eigenvalue weighted by molar-refractivity contribution is 5.85. The zero-order valence-corrected chi connectivity index (χ0v) is 13.1. The van der Waals surface area contributed by atoms with E-state index in [1.807, 2.05) is 46.8 Å². The smallest absolute Gasteiger partial charge is 0.412 e. The summed E-state index contributed by atoms with van der Waals surface area (Å²) >= 11 is 0. The van der Waals surface area contributed by atoms with E-state index in [1.165, 1.54) is 5.56 Å². The molecule has 4 nitrogen and oxygen atoms in total. The lowest BCUT2D eigenvalue weighted by Crippen LogP contribution is -2.27. The van der Waals surface area contributed by atoms with E-state index in [9.17, 15) is 4.79 Å². The van der Waals surface area contributed by atoms with Crippen LogP contribution in [-0.4, -0.2) is 17.7 Å². The molecule has 0 aliphatic heterocycles. The van der Waals surface area contributed by atoms with Crippen LogP contribution in [-0.2, 0) is 11.2 Å². The molecule has 4 heteroatoms. The molecule has 1 aromatic rings. The molecule has 20 heavy (non-hydrogen) atoms. The van der Waals surface area contributed by atoms with Crippen molar-refractivity contribution >= 4 is 11.8 Å². The van der Waals surface area contributed by atoms with Gasteiger partial charge >= 0.3 is 6.09 Å². The van der Waals surface area contributed by atoms with Crippen molar-refractivity contribution in [3.05, 3.63) is 29.3 Å². The van der Waals surface area contributed by atoms with Crippen LogP contribution in [0.15, 0.2) is 18.2 Å². The predicted molar refractivity (Wildman–Crippen MR) is 83.0 cm³/mol. The number of ether oxygens (including phenoxy) is 1. The van der Waals surface area contributed by atoms with Gasteiger partial charge in [-0.2, -0.15) is 0 Å². The van der Waals surface area contributed by atoms with Crippen molar-refractivity contribution in [1.82, 2.24) is 0 Å². The molecule has 0 saturated carbocycles. The van der Waals surface area contributed by atoms with Gasteiger partial charge in [0.1, 0.15) is 5.60 Å². The summed E-state index contributed by atoms with van der Waals surface area (Å²) < 4.78 is 5.24. The van der Waals surface area contributed by atoms with Crippen molar-refractivity contribution in [2.24, 2.45) is 5.73 Å². The minimum absolute atomic E-state index is 0.204. The monoisotopic (exact) mass is 278 g/mol. The van der Waals surface area contributed by atoms with Gasteiger partial charge < -0.3 is 10.5 Å². The van der Waals surface area contributed by atoms with Crippen molar-refractivity contribution in [3.63, 3.8) is 0 Å². The fraction of sp³-hybridized carbons (Fsp3) is 0.562. The summed E-state index contributed by atoms with van der Waals surface area (Å²) in [6, 6.07) is 6.21. The highest BCUT2D eigenvalue weighted by atomic mass is 16.6. The molecule has 0 saturated heterocycles. The molecule has 112 valence electrons. The van der Waals surface area contributed by atoms with Crippen molar-refractivity contribution in [2.45, 2.75) is 59.1 Å². The number of amides is 1. The molecule has 0 bridgehead atoms. The standard InChI is InChI=1S/C16H26N2O2/c1-11-10-13(7-6-12(2)17)8-9-14(11)18-15(19)20-16(3,4)5/h8-10,12H,6-7,17H2,1-5H3,(H,18,19)/t12-/m1/s1. The SMILES string of the molecule is Cc1cc(CC[C@@H](C)N)ccc1NC(=O)OC(C)(C)C. The maximum Gasteiger partial charge on any atom is 0.412 e. The topological polar surface area (TPSA) is 64.3 Å². The van der Waals surface area contributed by atoms with Crippen LogP contribution in [0.5, 0.6) is 0 Å². The number of carbonyl (C=O) groups is 1. The van der Waals surface area contributed by atoms with Crippen LogP contribution in [0.1, 0.15) is 45.2 Å². The minimum atomic E-state index is -0.491. The molecule has 0 aromatic heterocycles. The maximum atomic E-state index is 11.7. The number of carbonyl (C=O) groups excluding carboxylic acids is 1. The molecule has 1 aromatic carbocycles. The fourth-order valence-electron chi connectivity index (χ4n) is 1.83. The third-order valence-electron chi connectivity index (χ3n) is 2.81. The highest BCUT2D eigenvalue weighted by Crippen LogP contribution is 2.19. The van der Waals surface area contributed by atoms with Crippen LogP contribution >= 0.6 is 0 Å². The number of benzene rings is 1. The van der Waals surface area contributed by atoms with Gasteiger partial charge in [0.2, 0.25) is 0 Å². The van der Waals surface area contributed by atoms with Gasteiger partial charge in [0.15, 0.2) is 0 Å². The molecule has 1 amide bonds. The van der Waals surface area contributed by atoms with E-state index in [0.717, 1.165) is 24.1 Å². The summed E-state index contributed by atoms with van der Waals surface area (Å²) in [7, 11) is 0. The molecule has 0 aliphatic rings. The van der Waals surface area contributed by atoms with Crippen molar-refractivity contribution in [2.75, 3.05) is 5.32 Å². The Kier molecular flexibility index (Phi) is 5.57. The Labute approximate surface area is 121 Å². The number of anilines is 1. The van der Waals surface area contributed by atoms with E-state index in [1.54, 1.807) is 0 Å². The molecule has 0 aliphatic carbocycles. The van der Waals surface area contributed by atoms with Crippen LogP contribution in [0.3, 0.4) is 0 Å².